The number of aliphatic hydroxyl groups is 1. The topological polar surface area (TPSA) is 85.6 Å². The molecule has 2 rings (SSSR count). The lowest BCUT2D eigenvalue weighted by Crippen LogP contribution is -2.26. The van der Waals surface area contributed by atoms with Gasteiger partial charge in [0.2, 0.25) is 0 Å². The van der Waals surface area contributed by atoms with E-state index < -0.39 is 0 Å². The second kappa shape index (κ2) is 7.30. The van der Waals surface area contributed by atoms with E-state index in [0.29, 0.717) is 5.75 Å². The molecule has 2 N–H and O–H groups in total. The lowest BCUT2D eigenvalue weighted by Gasteiger charge is -2.07. The van der Waals surface area contributed by atoms with Gasteiger partial charge >= 0.3 is 0 Å². The largest absolute Gasteiger partial charge is 0.497 e. The summed E-state index contributed by atoms with van der Waals surface area (Å²) in [7, 11) is 1.60. The number of hydrogen-bond acceptors (Lipinski definition) is 5. The van der Waals surface area contributed by atoms with Crippen LogP contribution in [0.2, 0.25) is 0 Å². The van der Waals surface area contributed by atoms with Gasteiger partial charge in [-0.15, -0.1) is 0 Å². The first kappa shape index (κ1) is 14.9. The molecule has 1 heterocycles. The van der Waals surface area contributed by atoms with Gasteiger partial charge in [-0.3, -0.25) is 4.79 Å². The fraction of sp³-hybridized carbons (Fsp3) is 0.286. The van der Waals surface area contributed by atoms with Crippen LogP contribution in [0.3, 0.4) is 0 Å². The van der Waals surface area contributed by atoms with E-state index in [0.717, 1.165) is 5.75 Å². The fourth-order valence-electron chi connectivity index (χ4n) is 1.63. The van der Waals surface area contributed by atoms with Crippen LogP contribution < -0.4 is 14.8 Å². The second-order valence-corrected chi connectivity index (χ2v) is 4.17. The summed E-state index contributed by atoms with van der Waals surface area (Å²) in [4.78, 5) is 11.6. The van der Waals surface area contributed by atoms with Crippen molar-refractivity contribution in [3.05, 3.63) is 42.2 Å². The number of methoxy groups -OCH3 is 1. The van der Waals surface area contributed by atoms with Crippen molar-refractivity contribution >= 4 is 5.91 Å². The molecule has 0 saturated heterocycles. The smallest absolute Gasteiger partial charge is 0.271 e. The molecule has 7 nitrogen and oxygen atoms in total. The first-order chi connectivity index (χ1) is 10.2. The molecule has 0 fully saturated rings. The van der Waals surface area contributed by atoms with E-state index in [-0.39, 0.29) is 31.5 Å². The first-order valence-corrected chi connectivity index (χ1v) is 6.42. The zero-order valence-corrected chi connectivity index (χ0v) is 11.7. The summed E-state index contributed by atoms with van der Waals surface area (Å²) >= 11 is 0. The van der Waals surface area contributed by atoms with Crippen LogP contribution in [0.15, 0.2) is 36.5 Å². The summed E-state index contributed by atoms with van der Waals surface area (Å²) in [6, 6.07) is 8.76. The third-order valence-corrected chi connectivity index (χ3v) is 2.69. The Morgan fingerprint density at radius 3 is 2.67 bits per heavy atom. The molecular weight excluding hydrogens is 274 g/mol. The van der Waals surface area contributed by atoms with Crippen molar-refractivity contribution in [3.8, 4) is 11.5 Å². The molecule has 1 aromatic carbocycles. The third kappa shape index (κ3) is 4.22. The van der Waals surface area contributed by atoms with Crippen LogP contribution in [0.5, 0.6) is 11.5 Å². The summed E-state index contributed by atoms with van der Waals surface area (Å²) in [5.41, 5.74) is 0.279. The molecule has 0 aliphatic carbocycles. The normalized spacial score (nSPS) is 10.2. The van der Waals surface area contributed by atoms with E-state index in [4.69, 9.17) is 14.6 Å². The van der Waals surface area contributed by atoms with Crippen LogP contribution in [-0.2, 0) is 6.73 Å². The maximum atomic E-state index is 11.6. The average molecular weight is 291 g/mol. The number of amides is 1. The minimum absolute atomic E-state index is 0.104. The number of rotatable bonds is 7. The van der Waals surface area contributed by atoms with Gasteiger partial charge in [-0.1, -0.05) is 0 Å². The Morgan fingerprint density at radius 2 is 2.00 bits per heavy atom. The minimum atomic E-state index is -0.327. The summed E-state index contributed by atoms with van der Waals surface area (Å²) < 4.78 is 12.1. The SMILES string of the molecule is COc1ccc(OCn2ccc(C(=O)NCCO)n2)cc1. The number of nitrogens with zero attached hydrogens (tertiary/aromatic N) is 2. The zero-order chi connectivity index (χ0) is 15.1. The molecular formula is C14H17N3O4. The van der Waals surface area contributed by atoms with Gasteiger partial charge in [-0.25, -0.2) is 4.68 Å². The van der Waals surface area contributed by atoms with Crippen molar-refractivity contribution in [3.63, 3.8) is 0 Å². The number of hydrogen-bond donors (Lipinski definition) is 2. The molecule has 0 atom stereocenters. The van der Waals surface area contributed by atoms with Gasteiger partial charge in [0.15, 0.2) is 6.73 Å². The van der Waals surface area contributed by atoms with Crippen LogP contribution >= 0.6 is 0 Å². The van der Waals surface area contributed by atoms with Gasteiger partial charge in [0.25, 0.3) is 5.91 Å². The quantitative estimate of drug-likeness (QED) is 0.782. The molecule has 1 amide bonds. The maximum Gasteiger partial charge on any atom is 0.271 e. The number of carbonyl (C=O) groups excluding carboxylic acids is 1. The molecule has 1 aromatic heterocycles. The first-order valence-electron chi connectivity index (χ1n) is 6.42. The number of aromatic nitrogens is 2. The number of nitrogens with one attached hydrogen (secondary N) is 1. The standard InChI is InChI=1S/C14H17N3O4/c1-20-11-2-4-12(5-3-11)21-10-17-8-6-13(16-17)14(19)15-7-9-18/h2-6,8,18H,7,9-10H2,1H3,(H,15,19). The third-order valence-electron chi connectivity index (χ3n) is 2.69. The van der Waals surface area contributed by atoms with Crippen molar-refractivity contribution in [1.29, 1.82) is 0 Å². The van der Waals surface area contributed by atoms with Gasteiger partial charge in [-0.05, 0) is 30.3 Å². The van der Waals surface area contributed by atoms with Gasteiger partial charge in [-0.2, -0.15) is 5.10 Å². The Morgan fingerprint density at radius 1 is 1.29 bits per heavy atom. The highest BCUT2D eigenvalue weighted by Gasteiger charge is 2.08. The Balaban J connectivity index is 1.88. The monoisotopic (exact) mass is 291 g/mol. The van der Waals surface area contributed by atoms with Crippen molar-refractivity contribution in [2.45, 2.75) is 6.73 Å². The summed E-state index contributed by atoms with van der Waals surface area (Å²) in [6.45, 7) is 0.292. The van der Waals surface area contributed by atoms with E-state index >= 15 is 0 Å². The Hall–Kier alpha value is -2.54. The molecule has 2 aromatic rings. The zero-order valence-electron chi connectivity index (χ0n) is 11.7. The predicted molar refractivity (Wildman–Crippen MR) is 75.3 cm³/mol. The Bertz CT molecular complexity index is 580. The molecule has 0 spiro atoms. The van der Waals surface area contributed by atoms with Crippen LogP contribution in [0.1, 0.15) is 10.5 Å². The average Bonchev–Trinajstić information content (AvgIpc) is 3.00. The molecule has 21 heavy (non-hydrogen) atoms. The van der Waals surface area contributed by atoms with Crippen LogP contribution in [0.25, 0.3) is 0 Å². The Labute approximate surface area is 122 Å². The molecule has 0 unspecified atom stereocenters. The number of aliphatic hydroxyl groups excluding tert-OH is 1. The number of ether oxygens (including phenoxy) is 2. The van der Waals surface area contributed by atoms with Crippen molar-refractivity contribution in [2.24, 2.45) is 0 Å². The molecule has 0 radical (unpaired) electrons. The highest BCUT2D eigenvalue weighted by Crippen LogP contribution is 2.17. The molecule has 0 aliphatic rings. The van der Waals surface area contributed by atoms with Crippen LogP contribution in [0, 0.1) is 0 Å². The molecule has 0 bridgehead atoms. The molecule has 112 valence electrons. The van der Waals surface area contributed by atoms with Gasteiger partial charge in [0, 0.05) is 12.7 Å². The van der Waals surface area contributed by atoms with Crippen molar-refractivity contribution in [2.75, 3.05) is 20.3 Å². The van der Waals surface area contributed by atoms with Crippen LogP contribution in [-0.4, -0.2) is 41.1 Å². The second-order valence-electron chi connectivity index (χ2n) is 4.17. The van der Waals surface area contributed by atoms with Gasteiger partial charge in [0.1, 0.15) is 17.2 Å². The summed E-state index contributed by atoms with van der Waals surface area (Å²) in [5, 5.41) is 15.3. The number of carbonyl (C=O) groups is 1. The fourth-order valence-corrected chi connectivity index (χ4v) is 1.63. The van der Waals surface area contributed by atoms with E-state index in [9.17, 15) is 4.79 Å². The van der Waals surface area contributed by atoms with E-state index in [2.05, 4.69) is 10.4 Å². The lowest BCUT2D eigenvalue weighted by atomic mass is 10.3. The lowest BCUT2D eigenvalue weighted by molar-refractivity contribution is 0.0937. The van der Waals surface area contributed by atoms with Crippen LogP contribution in [0.4, 0.5) is 0 Å². The van der Waals surface area contributed by atoms with E-state index in [1.807, 2.05) is 0 Å². The van der Waals surface area contributed by atoms with E-state index in [1.165, 1.54) is 4.68 Å². The Kier molecular flexibility index (Phi) is 5.16. The summed E-state index contributed by atoms with van der Waals surface area (Å²) in [6.07, 6.45) is 1.65. The van der Waals surface area contributed by atoms with Crippen molar-refractivity contribution in [1.82, 2.24) is 15.1 Å². The van der Waals surface area contributed by atoms with Crippen molar-refractivity contribution < 1.29 is 19.4 Å². The highest BCUT2D eigenvalue weighted by atomic mass is 16.5. The minimum Gasteiger partial charge on any atom is -0.497 e. The van der Waals surface area contributed by atoms with Gasteiger partial charge in [0.05, 0.1) is 13.7 Å². The molecule has 7 heteroatoms. The predicted octanol–water partition coefficient (Wildman–Crippen LogP) is 0.650. The molecule has 0 saturated carbocycles. The van der Waals surface area contributed by atoms with E-state index in [1.54, 1.807) is 43.6 Å². The highest BCUT2D eigenvalue weighted by molar-refractivity contribution is 5.92. The van der Waals surface area contributed by atoms with Gasteiger partial charge < -0.3 is 19.9 Å². The maximum absolute atomic E-state index is 11.6. The number of benzene rings is 1. The summed E-state index contributed by atoms with van der Waals surface area (Å²) in [5.74, 6) is 1.11. The molecule has 0 aliphatic heterocycles.